The van der Waals surface area contributed by atoms with Gasteiger partial charge in [-0.2, -0.15) is 0 Å². The Kier molecular flexibility index (Phi) is 3.57. The van der Waals surface area contributed by atoms with E-state index in [1.165, 1.54) is 25.0 Å². The molecule has 4 heterocycles. The highest BCUT2D eigenvalue weighted by Crippen LogP contribution is 2.38. The maximum Gasteiger partial charge on any atom is 0.150 e. The number of anilines is 2. The molecule has 0 N–H and O–H groups in total. The van der Waals surface area contributed by atoms with Gasteiger partial charge in [-0.05, 0) is 19.8 Å². The van der Waals surface area contributed by atoms with E-state index in [4.69, 9.17) is 0 Å². The quantitative estimate of drug-likeness (QED) is 0.858. The SMILES string of the molecule is Cc1nccnc1N1CC2CN(c3cc(C4CCC4)ncn3)CC2C1. The zero-order valence-corrected chi connectivity index (χ0v) is 14.7. The molecule has 1 aliphatic carbocycles. The fourth-order valence-electron chi connectivity index (χ4n) is 4.53. The zero-order chi connectivity index (χ0) is 16.8. The smallest absolute Gasteiger partial charge is 0.150 e. The van der Waals surface area contributed by atoms with Gasteiger partial charge in [0, 0.05) is 68.1 Å². The van der Waals surface area contributed by atoms with Crippen molar-refractivity contribution in [3.05, 3.63) is 36.2 Å². The number of nitrogens with zero attached hydrogens (tertiary/aromatic N) is 6. The Morgan fingerprint density at radius 2 is 1.60 bits per heavy atom. The summed E-state index contributed by atoms with van der Waals surface area (Å²) in [6.45, 7) is 6.36. The van der Waals surface area contributed by atoms with E-state index in [1.54, 1.807) is 18.7 Å². The molecule has 6 nitrogen and oxygen atoms in total. The van der Waals surface area contributed by atoms with Crippen molar-refractivity contribution in [1.29, 1.82) is 0 Å². The van der Waals surface area contributed by atoms with Crippen molar-refractivity contribution < 1.29 is 0 Å². The van der Waals surface area contributed by atoms with Gasteiger partial charge in [0.2, 0.25) is 0 Å². The molecule has 2 aliphatic heterocycles. The predicted octanol–water partition coefficient (Wildman–Crippen LogP) is 2.42. The summed E-state index contributed by atoms with van der Waals surface area (Å²) in [6.07, 6.45) is 9.24. The van der Waals surface area contributed by atoms with E-state index >= 15 is 0 Å². The van der Waals surface area contributed by atoms with E-state index < -0.39 is 0 Å². The van der Waals surface area contributed by atoms with Crippen LogP contribution in [0.25, 0.3) is 0 Å². The first kappa shape index (κ1) is 15.0. The molecule has 0 aromatic carbocycles. The maximum absolute atomic E-state index is 4.56. The van der Waals surface area contributed by atoms with Gasteiger partial charge >= 0.3 is 0 Å². The molecule has 5 rings (SSSR count). The van der Waals surface area contributed by atoms with Crippen LogP contribution in [0.2, 0.25) is 0 Å². The lowest BCUT2D eigenvalue weighted by molar-refractivity contribution is 0.410. The molecule has 0 radical (unpaired) electrons. The molecule has 2 aromatic rings. The lowest BCUT2D eigenvalue weighted by atomic mass is 9.83. The molecule has 2 unspecified atom stereocenters. The summed E-state index contributed by atoms with van der Waals surface area (Å²) in [6, 6.07) is 2.23. The van der Waals surface area contributed by atoms with Crippen LogP contribution in [0, 0.1) is 18.8 Å². The average molecular weight is 336 g/mol. The minimum atomic E-state index is 0.666. The van der Waals surface area contributed by atoms with Gasteiger partial charge in [-0.3, -0.25) is 4.98 Å². The van der Waals surface area contributed by atoms with Crippen molar-refractivity contribution in [2.24, 2.45) is 11.8 Å². The Bertz CT molecular complexity index is 760. The Morgan fingerprint density at radius 3 is 2.28 bits per heavy atom. The van der Waals surface area contributed by atoms with Crippen LogP contribution < -0.4 is 9.80 Å². The number of fused-ring (bicyclic) bond motifs is 1. The first-order valence-corrected chi connectivity index (χ1v) is 9.37. The van der Waals surface area contributed by atoms with Crippen LogP contribution in [0.3, 0.4) is 0 Å². The summed E-state index contributed by atoms with van der Waals surface area (Å²) in [5, 5.41) is 0. The Morgan fingerprint density at radius 1 is 0.880 bits per heavy atom. The van der Waals surface area contributed by atoms with E-state index in [0.29, 0.717) is 17.8 Å². The molecule has 0 bridgehead atoms. The minimum Gasteiger partial charge on any atom is -0.356 e. The van der Waals surface area contributed by atoms with Crippen molar-refractivity contribution >= 4 is 11.6 Å². The molecule has 0 amide bonds. The van der Waals surface area contributed by atoms with Crippen molar-refractivity contribution in [3.8, 4) is 0 Å². The van der Waals surface area contributed by atoms with Gasteiger partial charge < -0.3 is 9.80 Å². The fraction of sp³-hybridized carbons (Fsp3) is 0.579. The number of hydrogen-bond acceptors (Lipinski definition) is 6. The van der Waals surface area contributed by atoms with Crippen LogP contribution in [0.5, 0.6) is 0 Å². The van der Waals surface area contributed by atoms with Crippen LogP contribution in [-0.4, -0.2) is 46.1 Å². The predicted molar refractivity (Wildman–Crippen MR) is 96.8 cm³/mol. The van der Waals surface area contributed by atoms with Gasteiger partial charge in [0.25, 0.3) is 0 Å². The van der Waals surface area contributed by atoms with Crippen LogP contribution in [0.15, 0.2) is 24.8 Å². The van der Waals surface area contributed by atoms with Crippen molar-refractivity contribution in [2.75, 3.05) is 36.0 Å². The molecular formula is C19H24N6. The molecule has 130 valence electrons. The molecule has 1 saturated carbocycles. The largest absolute Gasteiger partial charge is 0.356 e. The summed E-state index contributed by atoms with van der Waals surface area (Å²) < 4.78 is 0. The second-order valence-corrected chi connectivity index (χ2v) is 7.72. The van der Waals surface area contributed by atoms with Gasteiger partial charge in [-0.25, -0.2) is 15.0 Å². The van der Waals surface area contributed by atoms with E-state index in [1.807, 2.05) is 6.92 Å². The summed E-state index contributed by atoms with van der Waals surface area (Å²) in [7, 11) is 0. The molecule has 25 heavy (non-hydrogen) atoms. The molecule has 2 saturated heterocycles. The van der Waals surface area contributed by atoms with Crippen molar-refractivity contribution in [1.82, 2.24) is 19.9 Å². The second-order valence-electron chi connectivity index (χ2n) is 7.72. The first-order chi connectivity index (χ1) is 12.3. The summed E-state index contributed by atoms with van der Waals surface area (Å²) >= 11 is 0. The average Bonchev–Trinajstić information content (AvgIpc) is 3.13. The zero-order valence-electron chi connectivity index (χ0n) is 14.7. The molecule has 3 aliphatic rings. The lowest BCUT2D eigenvalue weighted by Crippen LogP contribution is -2.30. The van der Waals surface area contributed by atoms with Gasteiger partial charge in [-0.15, -0.1) is 0 Å². The number of rotatable bonds is 3. The third kappa shape index (κ3) is 2.64. The summed E-state index contributed by atoms with van der Waals surface area (Å²) in [5.74, 6) is 4.21. The van der Waals surface area contributed by atoms with Gasteiger partial charge in [0.15, 0.2) is 0 Å². The number of aromatic nitrogens is 4. The van der Waals surface area contributed by atoms with E-state index in [2.05, 4.69) is 35.8 Å². The monoisotopic (exact) mass is 336 g/mol. The van der Waals surface area contributed by atoms with E-state index in [9.17, 15) is 0 Å². The Balaban J connectivity index is 1.29. The third-order valence-electron chi connectivity index (χ3n) is 6.16. The van der Waals surface area contributed by atoms with Crippen LogP contribution in [0.4, 0.5) is 11.6 Å². The molecule has 2 atom stereocenters. The minimum absolute atomic E-state index is 0.666. The van der Waals surface area contributed by atoms with Crippen LogP contribution in [0.1, 0.15) is 36.6 Å². The highest BCUT2D eigenvalue weighted by Gasteiger charge is 2.41. The molecule has 3 fully saturated rings. The first-order valence-electron chi connectivity index (χ1n) is 9.37. The molecule has 6 heteroatoms. The molecule has 2 aromatic heterocycles. The highest BCUT2D eigenvalue weighted by molar-refractivity contribution is 5.47. The van der Waals surface area contributed by atoms with Crippen LogP contribution >= 0.6 is 0 Å². The Hall–Kier alpha value is -2.24. The van der Waals surface area contributed by atoms with Gasteiger partial charge in [0.05, 0.1) is 5.69 Å². The summed E-state index contributed by atoms with van der Waals surface area (Å²) in [4.78, 5) is 22.9. The van der Waals surface area contributed by atoms with Crippen LogP contribution in [-0.2, 0) is 0 Å². The lowest BCUT2D eigenvalue weighted by Gasteiger charge is -2.27. The Labute approximate surface area is 148 Å². The topological polar surface area (TPSA) is 58.0 Å². The summed E-state index contributed by atoms with van der Waals surface area (Å²) in [5.41, 5.74) is 2.27. The third-order valence-corrected chi connectivity index (χ3v) is 6.16. The van der Waals surface area contributed by atoms with Gasteiger partial charge in [0.1, 0.15) is 18.0 Å². The van der Waals surface area contributed by atoms with E-state index in [-0.39, 0.29) is 0 Å². The van der Waals surface area contributed by atoms with E-state index in [0.717, 1.165) is 43.5 Å². The number of hydrogen-bond donors (Lipinski definition) is 0. The molecule has 0 spiro atoms. The maximum atomic E-state index is 4.56. The fourth-order valence-corrected chi connectivity index (χ4v) is 4.53. The van der Waals surface area contributed by atoms with Crippen molar-refractivity contribution in [3.63, 3.8) is 0 Å². The standard InChI is InChI=1S/C19H24N6/c1-13-19(21-6-5-20-13)25-10-15-8-24(9-16(15)11-25)18-7-17(22-12-23-18)14-3-2-4-14/h5-7,12,14-16H,2-4,8-11H2,1H3. The highest BCUT2D eigenvalue weighted by atomic mass is 15.3. The normalized spacial score (nSPS) is 26.0. The second kappa shape index (κ2) is 5.93. The van der Waals surface area contributed by atoms with Gasteiger partial charge in [-0.1, -0.05) is 6.42 Å². The molecular weight excluding hydrogens is 312 g/mol. The number of aryl methyl sites for hydroxylation is 1. The van der Waals surface area contributed by atoms with Crippen molar-refractivity contribution in [2.45, 2.75) is 32.1 Å².